The highest BCUT2D eigenvalue weighted by molar-refractivity contribution is 5.89. The number of nitrogens with zero attached hydrogens (tertiary/aromatic N) is 3. The second-order valence-electron chi connectivity index (χ2n) is 6.43. The fraction of sp³-hybridized carbons (Fsp3) is 0.368. The summed E-state index contributed by atoms with van der Waals surface area (Å²) in [7, 11) is 3.65. The maximum atomic E-state index is 12.7. The number of carbonyl (C=O) groups excluding carboxylic acids is 1. The predicted octanol–water partition coefficient (Wildman–Crippen LogP) is 4.00. The average Bonchev–Trinajstić information content (AvgIpc) is 3.16. The Hall–Kier alpha value is -2.76. The molecule has 2 aromatic heterocycles. The van der Waals surface area contributed by atoms with E-state index in [0.717, 1.165) is 40.1 Å². The molecule has 0 saturated carbocycles. The van der Waals surface area contributed by atoms with Crippen LogP contribution in [-0.4, -0.2) is 32.7 Å². The van der Waals surface area contributed by atoms with Crippen molar-refractivity contribution in [1.29, 1.82) is 0 Å². The van der Waals surface area contributed by atoms with Crippen molar-refractivity contribution in [2.45, 2.75) is 33.2 Å². The van der Waals surface area contributed by atoms with Gasteiger partial charge in [-0.3, -0.25) is 10.00 Å². The van der Waals surface area contributed by atoms with Crippen LogP contribution in [0.5, 0.6) is 0 Å². The molecule has 25 heavy (non-hydrogen) atoms. The van der Waals surface area contributed by atoms with Gasteiger partial charge in [-0.1, -0.05) is 25.1 Å². The quantitative estimate of drug-likeness (QED) is 0.754. The van der Waals surface area contributed by atoms with Crippen LogP contribution in [0.4, 0.5) is 10.6 Å². The lowest BCUT2D eigenvalue weighted by molar-refractivity contribution is 0.207. The normalized spacial score (nSPS) is 12.4. The molecule has 1 aromatic carbocycles. The number of aromatic nitrogens is 3. The third-order valence-corrected chi connectivity index (χ3v) is 4.84. The summed E-state index contributed by atoms with van der Waals surface area (Å²) in [6.45, 7) is 6.06. The zero-order valence-electron chi connectivity index (χ0n) is 15.4. The largest absolute Gasteiger partial charge is 0.357 e. The number of nitrogens with one attached hydrogen (secondary N) is 2. The minimum absolute atomic E-state index is 0.0772. The fourth-order valence-corrected chi connectivity index (χ4v) is 3.09. The highest BCUT2D eigenvalue weighted by Crippen LogP contribution is 2.24. The van der Waals surface area contributed by atoms with Crippen LogP contribution in [0.25, 0.3) is 10.9 Å². The Kier molecular flexibility index (Phi) is 4.53. The van der Waals surface area contributed by atoms with E-state index in [-0.39, 0.29) is 12.1 Å². The molecule has 1 atom stereocenters. The Morgan fingerprint density at radius 3 is 2.76 bits per heavy atom. The van der Waals surface area contributed by atoms with E-state index < -0.39 is 0 Å². The molecular formula is C19H25N5O. The molecule has 1 unspecified atom stereocenters. The number of carbonyl (C=O) groups is 1. The maximum absolute atomic E-state index is 12.7. The first-order valence-corrected chi connectivity index (χ1v) is 8.56. The molecule has 3 rings (SSSR count). The van der Waals surface area contributed by atoms with Gasteiger partial charge >= 0.3 is 6.03 Å². The Morgan fingerprint density at radius 1 is 1.40 bits per heavy atom. The minimum Gasteiger partial charge on any atom is -0.357 e. The molecule has 0 aliphatic heterocycles. The second-order valence-corrected chi connectivity index (χ2v) is 6.43. The minimum atomic E-state index is -0.153. The standard InChI is InChI=1S/C19H25N5O/c1-6-15-12(2)18(24(5)22-15)21-19(25)23(4)13(3)17-11-14-9-7-8-10-16(14)20-17/h7-11,13,20H,6H2,1-5H3,(H,21,25). The number of hydrogen-bond donors (Lipinski definition) is 2. The zero-order valence-corrected chi connectivity index (χ0v) is 15.4. The summed E-state index contributed by atoms with van der Waals surface area (Å²) in [4.78, 5) is 17.8. The summed E-state index contributed by atoms with van der Waals surface area (Å²) in [5.41, 5.74) is 4.11. The SMILES string of the molecule is CCc1nn(C)c(NC(=O)N(C)C(C)c2cc3ccccc3[nH]2)c1C. The number of anilines is 1. The van der Waals surface area contributed by atoms with Crippen LogP contribution in [-0.2, 0) is 13.5 Å². The lowest BCUT2D eigenvalue weighted by Gasteiger charge is -2.24. The number of hydrogen-bond acceptors (Lipinski definition) is 2. The molecule has 6 heteroatoms. The molecule has 132 valence electrons. The van der Waals surface area contributed by atoms with Gasteiger partial charge in [0, 0.05) is 30.9 Å². The van der Waals surface area contributed by atoms with Crippen molar-refractivity contribution in [2.75, 3.05) is 12.4 Å². The number of urea groups is 1. The van der Waals surface area contributed by atoms with Crippen molar-refractivity contribution >= 4 is 22.8 Å². The van der Waals surface area contributed by atoms with Gasteiger partial charge in [-0.15, -0.1) is 0 Å². The Bertz CT molecular complexity index is 875. The molecule has 2 amide bonds. The van der Waals surface area contributed by atoms with Gasteiger partial charge in [-0.25, -0.2) is 4.79 Å². The van der Waals surface area contributed by atoms with Crippen molar-refractivity contribution in [1.82, 2.24) is 19.7 Å². The van der Waals surface area contributed by atoms with E-state index in [4.69, 9.17) is 0 Å². The number of para-hydroxylation sites is 1. The van der Waals surface area contributed by atoms with E-state index in [1.165, 1.54) is 0 Å². The van der Waals surface area contributed by atoms with Crippen molar-refractivity contribution in [2.24, 2.45) is 7.05 Å². The molecule has 2 heterocycles. The highest BCUT2D eigenvalue weighted by atomic mass is 16.2. The zero-order chi connectivity index (χ0) is 18.1. The van der Waals surface area contributed by atoms with Gasteiger partial charge in [-0.05, 0) is 37.8 Å². The molecule has 0 spiro atoms. The molecule has 0 fully saturated rings. The average molecular weight is 339 g/mol. The van der Waals surface area contributed by atoms with Crippen molar-refractivity contribution in [3.8, 4) is 0 Å². The second kappa shape index (κ2) is 6.63. The molecule has 0 radical (unpaired) electrons. The third kappa shape index (κ3) is 3.12. The Balaban J connectivity index is 1.78. The summed E-state index contributed by atoms with van der Waals surface area (Å²) >= 11 is 0. The smallest absolute Gasteiger partial charge is 0.323 e. The van der Waals surface area contributed by atoms with Crippen molar-refractivity contribution < 1.29 is 4.79 Å². The summed E-state index contributed by atoms with van der Waals surface area (Å²) in [5, 5.41) is 8.59. The fourth-order valence-electron chi connectivity index (χ4n) is 3.09. The number of rotatable bonds is 4. The van der Waals surface area contributed by atoms with Gasteiger partial charge < -0.3 is 9.88 Å². The highest BCUT2D eigenvalue weighted by Gasteiger charge is 2.21. The van der Waals surface area contributed by atoms with Crippen molar-refractivity contribution in [3.05, 3.63) is 47.3 Å². The number of H-pyrrole nitrogens is 1. The van der Waals surface area contributed by atoms with E-state index in [9.17, 15) is 4.79 Å². The van der Waals surface area contributed by atoms with Gasteiger partial charge in [0.05, 0.1) is 11.7 Å². The van der Waals surface area contributed by atoms with E-state index in [1.54, 1.807) is 16.6 Å². The van der Waals surface area contributed by atoms with Crippen LogP contribution in [0.1, 0.15) is 36.8 Å². The van der Waals surface area contributed by atoms with E-state index in [0.29, 0.717) is 0 Å². The molecule has 0 aliphatic carbocycles. The summed E-state index contributed by atoms with van der Waals surface area (Å²) in [5.74, 6) is 0.748. The molecule has 6 nitrogen and oxygen atoms in total. The number of aryl methyl sites for hydroxylation is 2. The van der Waals surface area contributed by atoms with E-state index >= 15 is 0 Å². The van der Waals surface area contributed by atoms with Gasteiger partial charge in [0.1, 0.15) is 5.82 Å². The van der Waals surface area contributed by atoms with Gasteiger partial charge in [0.15, 0.2) is 0 Å². The van der Waals surface area contributed by atoms with Crippen LogP contribution in [0.15, 0.2) is 30.3 Å². The Labute approximate surface area is 147 Å². The van der Waals surface area contributed by atoms with Gasteiger partial charge in [0.2, 0.25) is 0 Å². The lowest BCUT2D eigenvalue weighted by Crippen LogP contribution is -2.34. The molecular weight excluding hydrogens is 314 g/mol. The number of amides is 2. The molecule has 0 bridgehead atoms. The first-order valence-electron chi connectivity index (χ1n) is 8.56. The predicted molar refractivity (Wildman–Crippen MR) is 101 cm³/mol. The maximum Gasteiger partial charge on any atom is 0.323 e. The molecule has 2 N–H and O–H groups in total. The summed E-state index contributed by atoms with van der Waals surface area (Å²) in [6.07, 6.45) is 0.844. The summed E-state index contributed by atoms with van der Waals surface area (Å²) in [6, 6.07) is 9.97. The monoisotopic (exact) mass is 339 g/mol. The number of aromatic amines is 1. The molecule has 0 saturated heterocycles. The van der Waals surface area contributed by atoms with Crippen LogP contribution < -0.4 is 5.32 Å². The molecule has 3 aromatic rings. The topological polar surface area (TPSA) is 66.0 Å². The first kappa shape index (κ1) is 17.1. The van der Waals surface area contributed by atoms with Gasteiger partial charge in [0.25, 0.3) is 0 Å². The lowest BCUT2D eigenvalue weighted by atomic mass is 10.2. The van der Waals surface area contributed by atoms with Crippen LogP contribution in [0, 0.1) is 6.92 Å². The van der Waals surface area contributed by atoms with Crippen molar-refractivity contribution in [3.63, 3.8) is 0 Å². The van der Waals surface area contributed by atoms with Crippen LogP contribution in [0.3, 0.4) is 0 Å². The van der Waals surface area contributed by atoms with Crippen LogP contribution in [0.2, 0.25) is 0 Å². The van der Waals surface area contributed by atoms with Gasteiger partial charge in [-0.2, -0.15) is 5.10 Å². The van der Waals surface area contributed by atoms with Crippen LogP contribution >= 0.6 is 0 Å². The third-order valence-electron chi connectivity index (χ3n) is 4.84. The number of fused-ring (bicyclic) bond motifs is 1. The van der Waals surface area contributed by atoms with E-state index in [2.05, 4.69) is 34.5 Å². The molecule has 0 aliphatic rings. The number of benzene rings is 1. The summed E-state index contributed by atoms with van der Waals surface area (Å²) < 4.78 is 1.73. The van der Waals surface area contributed by atoms with E-state index in [1.807, 2.05) is 39.1 Å². The first-order chi connectivity index (χ1) is 11.9. The Morgan fingerprint density at radius 2 is 2.12 bits per heavy atom.